The van der Waals surface area contributed by atoms with E-state index in [2.05, 4.69) is 44.1 Å². The average Bonchev–Trinajstić information content (AvgIpc) is 2.45. The summed E-state index contributed by atoms with van der Waals surface area (Å²) in [6, 6.07) is 9.41. The molecule has 0 saturated heterocycles. The second-order valence-electron chi connectivity index (χ2n) is 4.49. The molecule has 0 spiro atoms. The van der Waals surface area contributed by atoms with Crippen molar-refractivity contribution in [3.63, 3.8) is 0 Å². The molecule has 1 unspecified atom stereocenters. The van der Waals surface area contributed by atoms with E-state index in [9.17, 15) is 0 Å². The quantitative estimate of drug-likeness (QED) is 0.527. The van der Waals surface area contributed by atoms with Crippen LogP contribution in [0.2, 0.25) is 10.0 Å². The van der Waals surface area contributed by atoms with Crippen LogP contribution in [0, 0.1) is 0 Å². The molecule has 0 radical (unpaired) electrons. The van der Waals surface area contributed by atoms with Gasteiger partial charge in [-0.25, -0.2) is 0 Å². The molecule has 0 bridgehead atoms. The van der Waals surface area contributed by atoms with Crippen molar-refractivity contribution in [2.24, 2.45) is 0 Å². The fourth-order valence-corrected chi connectivity index (χ4v) is 3.02. The average molecular weight is 454 g/mol. The lowest BCUT2D eigenvalue weighted by Gasteiger charge is -2.17. The molecule has 0 amide bonds. The van der Waals surface area contributed by atoms with Crippen molar-refractivity contribution in [2.75, 3.05) is 7.05 Å². The molecule has 21 heavy (non-hydrogen) atoms. The van der Waals surface area contributed by atoms with Crippen LogP contribution in [-0.2, 0) is 0 Å². The Hall–Kier alpha value is -0.260. The van der Waals surface area contributed by atoms with E-state index in [1.54, 1.807) is 12.1 Å². The molecule has 2 aromatic carbocycles. The fourth-order valence-electron chi connectivity index (χ4n) is 1.81. The van der Waals surface area contributed by atoms with Crippen LogP contribution < -0.4 is 10.1 Å². The molecule has 0 fully saturated rings. The minimum absolute atomic E-state index is 0.141. The topological polar surface area (TPSA) is 21.3 Å². The molecule has 0 aliphatic heterocycles. The first kappa shape index (κ1) is 17.1. The molecule has 2 aromatic rings. The van der Waals surface area contributed by atoms with Crippen LogP contribution in [-0.4, -0.2) is 7.05 Å². The highest BCUT2D eigenvalue weighted by Gasteiger charge is 2.14. The molecular formula is C15H13Br2Cl2NO. The van der Waals surface area contributed by atoms with Gasteiger partial charge in [0.05, 0.1) is 10.0 Å². The zero-order valence-electron chi connectivity index (χ0n) is 11.4. The van der Waals surface area contributed by atoms with Gasteiger partial charge in [0.1, 0.15) is 11.5 Å². The van der Waals surface area contributed by atoms with Crippen LogP contribution in [0.4, 0.5) is 0 Å². The van der Waals surface area contributed by atoms with Crippen molar-refractivity contribution in [2.45, 2.75) is 13.0 Å². The molecule has 1 N–H and O–H groups in total. The zero-order chi connectivity index (χ0) is 15.6. The minimum Gasteiger partial charge on any atom is -0.455 e. The van der Waals surface area contributed by atoms with Crippen molar-refractivity contribution in [3.05, 3.63) is 54.9 Å². The van der Waals surface area contributed by atoms with Gasteiger partial charge in [-0.3, -0.25) is 0 Å². The van der Waals surface area contributed by atoms with Gasteiger partial charge in [0.15, 0.2) is 0 Å². The molecule has 2 nitrogen and oxygen atoms in total. The molecule has 0 aliphatic carbocycles. The van der Waals surface area contributed by atoms with Crippen LogP contribution >= 0.6 is 55.1 Å². The van der Waals surface area contributed by atoms with E-state index in [4.69, 9.17) is 27.9 Å². The number of nitrogens with one attached hydrogen (secondary N) is 1. The Morgan fingerprint density at radius 3 is 2.43 bits per heavy atom. The molecular weight excluding hydrogens is 441 g/mol. The summed E-state index contributed by atoms with van der Waals surface area (Å²) in [6.45, 7) is 2.06. The number of hydrogen-bond acceptors (Lipinski definition) is 2. The van der Waals surface area contributed by atoms with E-state index in [1.807, 2.05) is 25.2 Å². The van der Waals surface area contributed by atoms with Crippen LogP contribution in [0.3, 0.4) is 0 Å². The van der Waals surface area contributed by atoms with Gasteiger partial charge < -0.3 is 10.1 Å². The van der Waals surface area contributed by atoms with Gasteiger partial charge in [0.2, 0.25) is 0 Å². The summed E-state index contributed by atoms with van der Waals surface area (Å²) in [5.74, 6) is 1.26. The van der Waals surface area contributed by atoms with Crippen LogP contribution in [0.25, 0.3) is 0 Å². The highest BCUT2D eigenvalue weighted by Crippen LogP contribution is 2.39. The van der Waals surface area contributed by atoms with Crippen LogP contribution in [0.15, 0.2) is 39.3 Å². The summed E-state index contributed by atoms with van der Waals surface area (Å²) in [6.07, 6.45) is 0. The first-order valence-electron chi connectivity index (χ1n) is 6.21. The molecule has 0 aromatic heterocycles. The molecule has 2 rings (SSSR count). The van der Waals surface area contributed by atoms with Gasteiger partial charge in [-0.15, -0.1) is 0 Å². The number of hydrogen-bond donors (Lipinski definition) is 1. The lowest BCUT2D eigenvalue weighted by Crippen LogP contribution is -2.13. The Balaban J connectivity index is 2.42. The van der Waals surface area contributed by atoms with Crippen molar-refractivity contribution in [1.82, 2.24) is 5.32 Å². The third-order valence-corrected chi connectivity index (χ3v) is 5.05. The standard InChI is InChI=1S/C15H13Br2Cl2NO/c1-8(20-2)10-5-9(16)3-4-14(10)21-15-7-12(18)11(17)6-13(15)19/h3-8,20H,1-2H3. The van der Waals surface area contributed by atoms with E-state index in [0.717, 1.165) is 20.3 Å². The summed E-state index contributed by atoms with van der Waals surface area (Å²) < 4.78 is 7.69. The molecule has 1 atom stereocenters. The van der Waals surface area contributed by atoms with Gasteiger partial charge in [-0.1, -0.05) is 39.1 Å². The monoisotopic (exact) mass is 451 g/mol. The maximum absolute atomic E-state index is 6.21. The van der Waals surface area contributed by atoms with Crippen molar-refractivity contribution in [1.29, 1.82) is 0 Å². The summed E-state index contributed by atoms with van der Waals surface area (Å²) in [4.78, 5) is 0. The van der Waals surface area contributed by atoms with E-state index < -0.39 is 0 Å². The molecule has 0 saturated carbocycles. The van der Waals surface area contributed by atoms with Gasteiger partial charge in [0, 0.05) is 26.6 Å². The maximum Gasteiger partial charge on any atom is 0.147 e. The predicted molar refractivity (Wildman–Crippen MR) is 95.9 cm³/mol. The highest BCUT2D eigenvalue weighted by atomic mass is 79.9. The third-order valence-electron chi connectivity index (χ3n) is 3.07. The summed E-state index contributed by atoms with van der Waals surface area (Å²) >= 11 is 19.1. The third kappa shape index (κ3) is 4.14. The number of rotatable bonds is 4. The Kier molecular flexibility index (Phi) is 5.97. The largest absolute Gasteiger partial charge is 0.455 e. The lowest BCUT2D eigenvalue weighted by molar-refractivity contribution is 0.466. The Morgan fingerprint density at radius 2 is 1.76 bits per heavy atom. The van der Waals surface area contributed by atoms with Gasteiger partial charge in [-0.2, -0.15) is 0 Å². The predicted octanol–water partition coefficient (Wildman–Crippen LogP) is 6.59. The fraction of sp³-hybridized carbons (Fsp3) is 0.200. The van der Waals surface area contributed by atoms with Gasteiger partial charge >= 0.3 is 0 Å². The van der Waals surface area contributed by atoms with Crippen LogP contribution in [0.5, 0.6) is 11.5 Å². The number of benzene rings is 2. The first-order chi connectivity index (χ1) is 9.92. The SMILES string of the molecule is CNC(C)c1cc(Br)ccc1Oc1cc(Cl)c(Br)cc1Cl. The van der Waals surface area contributed by atoms with E-state index in [1.165, 1.54) is 0 Å². The molecule has 0 heterocycles. The summed E-state index contributed by atoms with van der Waals surface area (Å²) in [5.41, 5.74) is 1.03. The second-order valence-corrected chi connectivity index (χ2v) is 7.08. The van der Waals surface area contributed by atoms with E-state index in [0.29, 0.717) is 15.8 Å². The van der Waals surface area contributed by atoms with Gasteiger partial charge in [-0.05, 0) is 54.2 Å². The Morgan fingerprint density at radius 1 is 1.05 bits per heavy atom. The Labute approximate surface area is 151 Å². The van der Waals surface area contributed by atoms with Gasteiger partial charge in [0.25, 0.3) is 0 Å². The van der Waals surface area contributed by atoms with Crippen molar-refractivity contribution in [3.8, 4) is 11.5 Å². The number of halogens is 4. The normalized spacial score (nSPS) is 12.3. The molecule has 112 valence electrons. The number of ether oxygens (including phenoxy) is 1. The van der Waals surface area contributed by atoms with E-state index in [-0.39, 0.29) is 6.04 Å². The second kappa shape index (κ2) is 7.34. The van der Waals surface area contributed by atoms with Crippen molar-refractivity contribution >= 4 is 55.1 Å². The summed E-state index contributed by atoms with van der Waals surface area (Å²) in [7, 11) is 1.90. The smallest absolute Gasteiger partial charge is 0.147 e. The maximum atomic E-state index is 6.21. The van der Waals surface area contributed by atoms with E-state index >= 15 is 0 Å². The molecule has 0 aliphatic rings. The lowest BCUT2D eigenvalue weighted by atomic mass is 10.1. The van der Waals surface area contributed by atoms with Crippen molar-refractivity contribution < 1.29 is 4.74 Å². The zero-order valence-corrected chi connectivity index (χ0v) is 16.1. The summed E-state index contributed by atoms with van der Waals surface area (Å²) in [5, 5.41) is 4.25. The Bertz CT molecular complexity index is 664. The highest BCUT2D eigenvalue weighted by molar-refractivity contribution is 9.10. The minimum atomic E-state index is 0.141. The first-order valence-corrected chi connectivity index (χ1v) is 8.55. The molecule has 6 heteroatoms. The van der Waals surface area contributed by atoms with Crippen LogP contribution in [0.1, 0.15) is 18.5 Å².